The molecule has 2 aromatic rings. The first kappa shape index (κ1) is 29.4. The Bertz CT molecular complexity index is 1020. The van der Waals surface area contributed by atoms with Crippen LogP contribution in [0.1, 0.15) is 64.4 Å². The van der Waals surface area contributed by atoms with Gasteiger partial charge in [-0.1, -0.05) is 39.3 Å². The Morgan fingerprint density at radius 3 is 2.36 bits per heavy atom. The third-order valence-corrected chi connectivity index (χ3v) is 6.49. The lowest BCUT2D eigenvalue weighted by Crippen LogP contribution is -2.41. The fourth-order valence-corrected chi connectivity index (χ4v) is 4.32. The summed E-state index contributed by atoms with van der Waals surface area (Å²) in [6.45, 7) is 9.34. The van der Waals surface area contributed by atoms with Gasteiger partial charge in [0.05, 0.1) is 13.0 Å². The van der Waals surface area contributed by atoms with Gasteiger partial charge in [0.2, 0.25) is 0 Å². The zero-order chi connectivity index (χ0) is 27.0. The minimum atomic E-state index is -0.779. The monoisotopic (exact) mass is 523 g/mol. The van der Waals surface area contributed by atoms with Gasteiger partial charge in [0.15, 0.2) is 23.0 Å². The van der Waals surface area contributed by atoms with E-state index in [4.69, 9.17) is 25.8 Å². The lowest BCUT2D eigenvalue weighted by Gasteiger charge is -2.32. The van der Waals surface area contributed by atoms with E-state index in [1.54, 1.807) is 6.92 Å². The molecule has 198 valence electrons. The van der Waals surface area contributed by atoms with E-state index in [-0.39, 0.29) is 46.2 Å². The molecule has 0 spiro atoms. The van der Waals surface area contributed by atoms with Crippen molar-refractivity contribution in [3.05, 3.63) is 47.0 Å². The van der Waals surface area contributed by atoms with Gasteiger partial charge in [0.1, 0.15) is 23.8 Å². The summed E-state index contributed by atoms with van der Waals surface area (Å²) >= 11 is 5.98. The molecule has 0 aliphatic carbocycles. The van der Waals surface area contributed by atoms with Crippen molar-refractivity contribution in [1.29, 1.82) is 0 Å². The number of esters is 1. The van der Waals surface area contributed by atoms with Gasteiger partial charge in [-0.2, -0.15) is 0 Å². The lowest BCUT2D eigenvalue weighted by atomic mass is 9.89. The van der Waals surface area contributed by atoms with Crippen LogP contribution >= 0.6 is 11.6 Å². The summed E-state index contributed by atoms with van der Waals surface area (Å²) in [7, 11) is 1.37. The largest absolute Gasteiger partial charge is 0.503 e. The molecule has 1 aromatic heterocycles. The number of Topliss-reactive ketones (excluding diaryl/α,β-unsaturated/α-hetero) is 1. The van der Waals surface area contributed by atoms with Gasteiger partial charge in [-0.05, 0) is 43.7 Å². The molecule has 0 unspecified atom stereocenters. The van der Waals surface area contributed by atoms with E-state index in [0.717, 1.165) is 12.8 Å². The normalized spacial score (nSPS) is 13.8. The standard InChI is InChI=1S/C27H35ClFNO6/c1-7-17(8-2)26(36-20-12-18(28)11-19(29)13-20)16(5)35-27(33)21(15(3)4)14-22(31)24-25(32)23(34-6)9-10-30-24/h9-13,15-17,21,26,32H,7-8,14H2,1-6H3/t16-,21-,26-/m0/s1. The van der Waals surface area contributed by atoms with Crippen molar-refractivity contribution in [1.82, 2.24) is 4.98 Å². The molecule has 1 heterocycles. The number of ether oxygens (including phenoxy) is 3. The Morgan fingerprint density at radius 2 is 1.81 bits per heavy atom. The summed E-state index contributed by atoms with van der Waals surface area (Å²) < 4.78 is 30.8. The summed E-state index contributed by atoms with van der Waals surface area (Å²) in [5.41, 5.74) is -0.165. The highest BCUT2D eigenvalue weighted by Crippen LogP contribution is 2.31. The van der Waals surface area contributed by atoms with Crippen LogP contribution < -0.4 is 9.47 Å². The molecular formula is C27H35ClFNO6. The maximum absolute atomic E-state index is 13.9. The predicted molar refractivity (Wildman–Crippen MR) is 135 cm³/mol. The van der Waals surface area contributed by atoms with Gasteiger partial charge in [0, 0.05) is 29.8 Å². The van der Waals surface area contributed by atoms with E-state index in [0.29, 0.717) is 0 Å². The van der Waals surface area contributed by atoms with Crippen molar-refractivity contribution < 1.29 is 33.3 Å². The van der Waals surface area contributed by atoms with Crippen molar-refractivity contribution in [2.75, 3.05) is 7.11 Å². The molecule has 0 saturated heterocycles. The minimum Gasteiger partial charge on any atom is -0.503 e. The lowest BCUT2D eigenvalue weighted by molar-refractivity contribution is -0.161. The summed E-state index contributed by atoms with van der Waals surface area (Å²) in [5, 5.41) is 10.5. The van der Waals surface area contributed by atoms with E-state index in [1.807, 2.05) is 27.7 Å². The summed E-state index contributed by atoms with van der Waals surface area (Å²) in [6, 6.07) is 5.37. The molecule has 1 aromatic carbocycles. The second-order valence-corrected chi connectivity index (χ2v) is 9.53. The number of hydrogen-bond acceptors (Lipinski definition) is 7. The second-order valence-electron chi connectivity index (χ2n) is 9.09. The van der Waals surface area contributed by atoms with Crippen molar-refractivity contribution in [2.24, 2.45) is 17.8 Å². The molecule has 9 heteroatoms. The highest BCUT2D eigenvalue weighted by molar-refractivity contribution is 6.30. The number of halogens is 2. The first-order valence-corrected chi connectivity index (χ1v) is 12.5. The van der Waals surface area contributed by atoms with Crippen LogP contribution in [0.2, 0.25) is 5.02 Å². The average molecular weight is 524 g/mol. The Kier molecular flexibility index (Phi) is 11.0. The SMILES string of the molecule is CCC(CC)[C@@H](Oc1cc(F)cc(Cl)c1)[C@H](C)OC(=O)[C@@H](CC(=O)c1nccc(OC)c1O)C(C)C. The number of ketones is 1. The Labute approximate surface area is 216 Å². The summed E-state index contributed by atoms with van der Waals surface area (Å²) in [6.07, 6.45) is 1.40. The second kappa shape index (κ2) is 13.4. The zero-order valence-corrected chi connectivity index (χ0v) is 22.3. The van der Waals surface area contributed by atoms with Crippen LogP contribution in [0.3, 0.4) is 0 Å². The van der Waals surface area contributed by atoms with Gasteiger partial charge in [-0.25, -0.2) is 9.37 Å². The molecule has 36 heavy (non-hydrogen) atoms. The molecule has 0 fully saturated rings. The highest BCUT2D eigenvalue weighted by Gasteiger charge is 2.34. The molecule has 1 N–H and O–H groups in total. The van der Waals surface area contributed by atoms with Crippen molar-refractivity contribution in [2.45, 2.75) is 66.1 Å². The number of hydrogen-bond donors (Lipinski definition) is 1. The van der Waals surface area contributed by atoms with Crippen LogP contribution in [0.25, 0.3) is 0 Å². The maximum atomic E-state index is 13.9. The molecule has 0 radical (unpaired) electrons. The first-order chi connectivity index (χ1) is 17.0. The van der Waals surface area contributed by atoms with Gasteiger partial charge in [-0.3, -0.25) is 9.59 Å². The number of nitrogens with zero attached hydrogens (tertiary/aromatic N) is 1. The zero-order valence-electron chi connectivity index (χ0n) is 21.6. The number of rotatable bonds is 13. The molecule has 3 atom stereocenters. The van der Waals surface area contributed by atoms with E-state index >= 15 is 0 Å². The van der Waals surface area contributed by atoms with Crippen molar-refractivity contribution in [3.8, 4) is 17.2 Å². The van der Waals surface area contributed by atoms with Gasteiger partial charge >= 0.3 is 5.97 Å². The Hall–Kier alpha value is -2.87. The fraction of sp³-hybridized carbons (Fsp3) is 0.519. The van der Waals surface area contributed by atoms with Gasteiger partial charge < -0.3 is 19.3 Å². The van der Waals surface area contributed by atoms with E-state index < -0.39 is 35.7 Å². The molecule has 7 nitrogen and oxygen atoms in total. The average Bonchev–Trinajstić information content (AvgIpc) is 2.81. The van der Waals surface area contributed by atoms with E-state index in [9.17, 15) is 19.1 Å². The molecule has 2 rings (SSSR count). The summed E-state index contributed by atoms with van der Waals surface area (Å²) in [5.74, 6) is -2.59. The quantitative estimate of drug-likeness (QED) is 0.245. The number of carbonyl (C=O) groups excluding carboxylic acids is 2. The molecular weight excluding hydrogens is 489 g/mol. The Morgan fingerprint density at radius 1 is 1.14 bits per heavy atom. The molecule has 0 aliphatic rings. The third-order valence-electron chi connectivity index (χ3n) is 6.27. The van der Waals surface area contributed by atoms with E-state index in [1.165, 1.54) is 37.6 Å². The topological polar surface area (TPSA) is 95.0 Å². The third kappa shape index (κ3) is 7.56. The number of aromatic nitrogens is 1. The Balaban J connectivity index is 2.22. The number of methoxy groups -OCH3 is 1. The van der Waals surface area contributed by atoms with Gasteiger partial charge in [0.25, 0.3) is 0 Å². The van der Waals surface area contributed by atoms with Crippen LogP contribution in [-0.4, -0.2) is 41.2 Å². The predicted octanol–water partition coefficient (Wildman–Crippen LogP) is 6.25. The highest BCUT2D eigenvalue weighted by atomic mass is 35.5. The molecule has 0 aliphatic heterocycles. The number of benzene rings is 1. The van der Waals surface area contributed by atoms with Crippen LogP contribution in [0.15, 0.2) is 30.5 Å². The maximum Gasteiger partial charge on any atom is 0.310 e. The van der Waals surface area contributed by atoms with Gasteiger partial charge in [-0.15, -0.1) is 0 Å². The van der Waals surface area contributed by atoms with Crippen molar-refractivity contribution in [3.63, 3.8) is 0 Å². The van der Waals surface area contributed by atoms with E-state index in [2.05, 4.69) is 4.98 Å². The van der Waals surface area contributed by atoms with Crippen LogP contribution in [0.4, 0.5) is 4.39 Å². The van der Waals surface area contributed by atoms with Crippen LogP contribution in [0, 0.1) is 23.6 Å². The number of carbonyl (C=O) groups is 2. The van der Waals surface area contributed by atoms with Crippen LogP contribution in [0.5, 0.6) is 17.2 Å². The number of aromatic hydroxyl groups is 1. The fourth-order valence-electron chi connectivity index (χ4n) is 4.11. The molecule has 0 amide bonds. The van der Waals surface area contributed by atoms with Crippen LogP contribution in [-0.2, 0) is 9.53 Å². The summed E-state index contributed by atoms with van der Waals surface area (Å²) in [4.78, 5) is 30.1. The first-order valence-electron chi connectivity index (χ1n) is 12.1. The number of pyridine rings is 1. The molecule has 0 bridgehead atoms. The van der Waals surface area contributed by atoms with Crippen molar-refractivity contribution >= 4 is 23.4 Å². The smallest absolute Gasteiger partial charge is 0.310 e. The minimum absolute atomic E-state index is 0.0203. The molecule has 0 saturated carbocycles.